The molecule has 0 aliphatic carbocycles. The fraction of sp³-hybridized carbons (Fsp3) is 0.182. The summed E-state index contributed by atoms with van der Waals surface area (Å²) in [4.78, 5) is 25.5. The molecule has 0 radical (unpaired) electrons. The van der Waals surface area contributed by atoms with Crippen molar-refractivity contribution in [3.05, 3.63) is 83.7 Å². The normalized spacial score (nSPS) is 15.5. The van der Waals surface area contributed by atoms with Gasteiger partial charge in [-0.1, -0.05) is 36.4 Å². The first-order valence-corrected chi connectivity index (χ1v) is 9.28. The number of carbonyl (C=O) groups excluding carboxylic acids is 2. The van der Waals surface area contributed by atoms with Crippen LogP contribution in [0.5, 0.6) is 5.75 Å². The first-order valence-electron chi connectivity index (χ1n) is 9.28. The van der Waals surface area contributed by atoms with Crippen LogP contribution in [0.1, 0.15) is 34.1 Å². The lowest BCUT2D eigenvalue weighted by Gasteiger charge is -2.13. The van der Waals surface area contributed by atoms with Crippen molar-refractivity contribution in [3.63, 3.8) is 0 Å². The monoisotopic (exact) mass is 414 g/mol. The summed E-state index contributed by atoms with van der Waals surface area (Å²) in [6.45, 7) is 0.506. The Balaban J connectivity index is 1.50. The van der Waals surface area contributed by atoms with Crippen LogP contribution in [-0.4, -0.2) is 22.6 Å². The minimum atomic E-state index is -4.81. The lowest BCUT2D eigenvalue weighted by molar-refractivity contribution is -0.274. The average molecular weight is 414 g/mol. The van der Waals surface area contributed by atoms with Gasteiger partial charge in [0.2, 0.25) is 11.7 Å². The van der Waals surface area contributed by atoms with Gasteiger partial charge in [-0.3, -0.25) is 9.59 Å². The molecule has 0 fully saturated rings. The van der Waals surface area contributed by atoms with Gasteiger partial charge in [-0.25, -0.2) is 0 Å². The molecule has 0 saturated heterocycles. The number of aromatic nitrogens is 1. The summed E-state index contributed by atoms with van der Waals surface area (Å²) in [6, 6.07) is 17.4. The Morgan fingerprint density at radius 2 is 1.77 bits per heavy atom. The van der Waals surface area contributed by atoms with Gasteiger partial charge in [-0.05, 0) is 30.7 Å². The highest BCUT2D eigenvalue weighted by Gasteiger charge is 2.33. The Hall–Kier alpha value is -3.55. The first kappa shape index (κ1) is 19.8. The Morgan fingerprint density at radius 1 is 1.00 bits per heavy atom. The maximum atomic E-state index is 12.8. The highest BCUT2D eigenvalue weighted by Crippen LogP contribution is 2.33. The van der Waals surface area contributed by atoms with E-state index in [1.807, 2.05) is 10.6 Å². The quantitative estimate of drug-likeness (QED) is 0.614. The smallest absolute Gasteiger partial charge is 0.406 e. The van der Waals surface area contributed by atoms with Crippen molar-refractivity contribution in [1.82, 2.24) is 4.57 Å². The number of halogens is 3. The van der Waals surface area contributed by atoms with E-state index < -0.39 is 18.0 Å². The molecule has 3 aromatic rings. The van der Waals surface area contributed by atoms with Crippen molar-refractivity contribution in [2.45, 2.75) is 25.2 Å². The third kappa shape index (κ3) is 4.07. The molecule has 5 nitrogen and oxygen atoms in total. The van der Waals surface area contributed by atoms with Gasteiger partial charge in [0.05, 0.1) is 11.6 Å². The second kappa shape index (κ2) is 7.70. The Labute approximate surface area is 170 Å². The van der Waals surface area contributed by atoms with E-state index in [9.17, 15) is 22.8 Å². The van der Waals surface area contributed by atoms with Crippen molar-refractivity contribution in [1.29, 1.82) is 0 Å². The van der Waals surface area contributed by atoms with Crippen LogP contribution in [0.2, 0.25) is 0 Å². The van der Waals surface area contributed by atoms with Crippen LogP contribution in [0.4, 0.5) is 18.9 Å². The predicted molar refractivity (Wildman–Crippen MR) is 103 cm³/mol. The highest BCUT2D eigenvalue weighted by molar-refractivity contribution is 6.08. The minimum Gasteiger partial charge on any atom is -0.406 e. The van der Waals surface area contributed by atoms with Crippen LogP contribution < -0.4 is 10.1 Å². The zero-order chi connectivity index (χ0) is 21.3. The summed E-state index contributed by atoms with van der Waals surface area (Å²) in [7, 11) is 0. The molecule has 1 aliphatic heterocycles. The van der Waals surface area contributed by atoms with Gasteiger partial charge in [0.15, 0.2) is 0 Å². The number of nitrogens with one attached hydrogen (secondary N) is 1. The molecule has 1 aromatic heterocycles. The molecule has 0 spiro atoms. The lowest BCUT2D eigenvalue weighted by Crippen LogP contribution is -2.20. The van der Waals surface area contributed by atoms with Crippen LogP contribution in [0.25, 0.3) is 0 Å². The number of carbonyl (C=O) groups is 2. The minimum absolute atomic E-state index is 0.125. The van der Waals surface area contributed by atoms with E-state index in [-0.39, 0.29) is 17.4 Å². The Kier molecular flexibility index (Phi) is 5.07. The molecule has 154 valence electrons. The van der Waals surface area contributed by atoms with Crippen molar-refractivity contribution in [2.75, 3.05) is 5.32 Å². The third-order valence-corrected chi connectivity index (χ3v) is 4.93. The number of amides is 1. The topological polar surface area (TPSA) is 60.3 Å². The second-order valence-electron chi connectivity index (χ2n) is 6.90. The summed E-state index contributed by atoms with van der Waals surface area (Å²) in [5.74, 6) is -1.39. The summed E-state index contributed by atoms with van der Waals surface area (Å²) in [5.41, 5.74) is 1.97. The van der Waals surface area contributed by atoms with Gasteiger partial charge in [0, 0.05) is 29.6 Å². The van der Waals surface area contributed by atoms with Crippen molar-refractivity contribution in [3.8, 4) is 5.75 Å². The standard InChI is InChI=1S/C22H17F3N2O3/c23-22(24,25)30-16-8-4-7-15(13-16)26-21(29)17-11-12-27-18(17)9-10-19(27)20(28)14-5-2-1-3-6-14/h1-10,13,17H,11-12H2,(H,26,29)/t17-/m1/s1. The van der Waals surface area contributed by atoms with Crippen LogP contribution >= 0.6 is 0 Å². The number of fused-ring (bicyclic) bond motifs is 1. The first-order chi connectivity index (χ1) is 14.3. The zero-order valence-corrected chi connectivity index (χ0v) is 15.6. The molecule has 2 heterocycles. The number of benzene rings is 2. The molecule has 1 N–H and O–H groups in total. The molecule has 2 aromatic carbocycles. The van der Waals surface area contributed by atoms with E-state index in [2.05, 4.69) is 10.1 Å². The second-order valence-corrected chi connectivity index (χ2v) is 6.90. The number of anilines is 1. The summed E-state index contributed by atoms with van der Waals surface area (Å²) in [6.07, 6.45) is -4.31. The molecule has 1 aliphatic rings. The van der Waals surface area contributed by atoms with E-state index >= 15 is 0 Å². The number of alkyl halides is 3. The molecule has 30 heavy (non-hydrogen) atoms. The summed E-state index contributed by atoms with van der Waals surface area (Å²) in [5, 5.41) is 2.64. The zero-order valence-electron chi connectivity index (χ0n) is 15.6. The van der Waals surface area contributed by atoms with Gasteiger partial charge < -0.3 is 14.6 Å². The molecule has 4 rings (SSSR count). The Bertz CT molecular complexity index is 1090. The van der Waals surface area contributed by atoms with E-state index in [0.717, 1.165) is 12.1 Å². The van der Waals surface area contributed by atoms with Crippen molar-refractivity contribution < 1.29 is 27.5 Å². The van der Waals surface area contributed by atoms with Gasteiger partial charge in [0.25, 0.3) is 0 Å². The van der Waals surface area contributed by atoms with Crippen LogP contribution in [0, 0.1) is 0 Å². The average Bonchev–Trinajstić information content (AvgIpc) is 3.29. The molecule has 0 unspecified atom stereocenters. The predicted octanol–water partition coefficient (Wildman–Crippen LogP) is 4.74. The fourth-order valence-corrected chi connectivity index (χ4v) is 3.64. The highest BCUT2D eigenvalue weighted by atomic mass is 19.4. The number of hydrogen-bond acceptors (Lipinski definition) is 3. The number of hydrogen-bond donors (Lipinski definition) is 1. The SMILES string of the molecule is O=C(c1ccccc1)c1ccc2n1CC[C@H]2C(=O)Nc1cccc(OC(F)(F)F)c1. The number of ketones is 1. The van der Waals surface area contributed by atoms with Gasteiger partial charge >= 0.3 is 6.36 Å². The van der Waals surface area contributed by atoms with Gasteiger partial charge in [-0.2, -0.15) is 0 Å². The molecule has 8 heteroatoms. The Morgan fingerprint density at radius 3 is 2.50 bits per heavy atom. The van der Waals surface area contributed by atoms with E-state index in [1.54, 1.807) is 36.4 Å². The van der Waals surface area contributed by atoms with E-state index in [1.165, 1.54) is 12.1 Å². The molecule has 0 bridgehead atoms. The van der Waals surface area contributed by atoms with Crippen LogP contribution in [0.15, 0.2) is 66.7 Å². The summed E-state index contributed by atoms with van der Waals surface area (Å²) < 4.78 is 42.9. The van der Waals surface area contributed by atoms with Crippen LogP contribution in [-0.2, 0) is 11.3 Å². The van der Waals surface area contributed by atoms with E-state index in [4.69, 9.17) is 0 Å². The van der Waals surface area contributed by atoms with Crippen molar-refractivity contribution >= 4 is 17.4 Å². The largest absolute Gasteiger partial charge is 0.573 e. The molecule has 0 saturated carbocycles. The van der Waals surface area contributed by atoms with E-state index in [0.29, 0.717) is 29.9 Å². The number of ether oxygens (including phenoxy) is 1. The molecular weight excluding hydrogens is 397 g/mol. The maximum absolute atomic E-state index is 12.8. The van der Waals surface area contributed by atoms with Crippen molar-refractivity contribution in [2.24, 2.45) is 0 Å². The van der Waals surface area contributed by atoms with Gasteiger partial charge in [-0.15, -0.1) is 13.2 Å². The molecule has 1 amide bonds. The summed E-state index contributed by atoms with van der Waals surface area (Å²) >= 11 is 0. The molecular formula is C22H17F3N2O3. The third-order valence-electron chi connectivity index (χ3n) is 4.93. The van der Waals surface area contributed by atoms with Crippen LogP contribution in [0.3, 0.4) is 0 Å². The van der Waals surface area contributed by atoms with Gasteiger partial charge in [0.1, 0.15) is 5.75 Å². The lowest BCUT2D eigenvalue weighted by atomic mass is 10.0. The fourth-order valence-electron chi connectivity index (χ4n) is 3.64. The molecule has 1 atom stereocenters. The number of rotatable bonds is 5. The maximum Gasteiger partial charge on any atom is 0.573 e. The number of nitrogens with zero attached hydrogens (tertiary/aromatic N) is 1.